The molecule has 118 valence electrons. The van der Waals surface area contributed by atoms with Gasteiger partial charge in [-0.3, -0.25) is 0 Å². The van der Waals surface area contributed by atoms with Gasteiger partial charge in [0.2, 0.25) is 0 Å². The summed E-state index contributed by atoms with van der Waals surface area (Å²) in [6, 6.07) is 15.9. The number of hydrogen-bond acceptors (Lipinski definition) is 6. The number of ether oxygens (including phenoxy) is 1. The predicted molar refractivity (Wildman–Crippen MR) is 90.2 cm³/mol. The summed E-state index contributed by atoms with van der Waals surface area (Å²) < 4.78 is 6.89. The normalized spacial score (nSPS) is 10.5. The highest BCUT2D eigenvalue weighted by molar-refractivity contribution is 9.10. The van der Waals surface area contributed by atoms with Gasteiger partial charge in [0.15, 0.2) is 0 Å². The SMILES string of the molecule is Nc1nnnn1NCc1cc(Br)ccc1OCc1ccccc1. The third-order valence-corrected chi connectivity index (χ3v) is 3.67. The zero-order valence-electron chi connectivity index (χ0n) is 12.2. The van der Waals surface area contributed by atoms with Gasteiger partial charge in [-0.05, 0) is 34.2 Å². The Kier molecular flexibility index (Phi) is 4.72. The first-order chi connectivity index (χ1) is 11.2. The Hall–Kier alpha value is -2.61. The highest BCUT2D eigenvalue weighted by Crippen LogP contribution is 2.24. The fourth-order valence-corrected chi connectivity index (χ4v) is 2.44. The zero-order chi connectivity index (χ0) is 16.1. The number of nitrogen functional groups attached to an aromatic ring is 1. The van der Waals surface area contributed by atoms with E-state index in [9.17, 15) is 0 Å². The van der Waals surface area contributed by atoms with E-state index in [1.807, 2.05) is 48.5 Å². The van der Waals surface area contributed by atoms with Gasteiger partial charge >= 0.3 is 0 Å². The van der Waals surface area contributed by atoms with Crippen LogP contribution in [0.4, 0.5) is 5.95 Å². The smallest absolute Gasteiger partial charge is 0.260 e. The molecule has 0 atom stereocenters. The van der Waals surface area contributed by atoms with Crippen molar-refractivity contribution < 1.29 is 4.74 Å². The number of hydrogen-bond donors (Lipinski definition) is 2. The summed E-state index contributed by atoms with van der Waals surface area (Å²) >= 11 is 3.47. The molecule has 0 spiro atoms. The number of nitrogens with one attached hydrogen (secondary N) is 1. The molecule has 0 bridgehead atoms. The van der Waals surface area contributed by atoms with Gasteiger partial charge in [-0.15, -0.1) is 4.79 Å². The van der Waals surface area contributed by atoms with Crippen molar-refractivity contribution in [1.29, 1.82) is 0 Å². The van der Waals surface area contributed by atoms with E-state index < -0.39 is 0 Å². The van der Waals surface area contributed by atoms with Crippen LogP contribution in [0.1, 0.15) is 11.1 Å². The van der Waals surface area contributed by atoms with Crippen molar-refractivity contribution >= 4 is 21.9 Å². The van der Waals surface area contributed by atoms with Crippen molar-refractivity contribution in [2.24, 2.45) is 0 Å². The molecule has 0 saturated heterocycles. The highest BCUT2D eigenvalue weighted by Gasteiger charge is 2.07. The summed E-state index contributed by atoms with van der Waals surface area (Å²) in [5, 5.41) is 10.8. The molecular weight excluding hydrogens is 360 g/mol. The maximum Gasteiger partial charge on any atom is 0.260 e. The number of nitrogens with two attached hydrogens (primary N) is 1. The average Bonchev–Trinajstić information content (AvgIpc) is 2.98. The number of rotatable bonds is 6. The molecule has 0 radical (unpaired) electrons. The Bertz CT molecular complexity index is 777. The van der Waals surface area contributed by atoms with E-state index in [4.69, 9.17) is 10.5 Å². The summed E-state index contributed by atoms with van der Waals surface area (Å²) in [6.45, 7) is 0.974. The van der Waals surface area contributed by atoms with Crippen LogP contribution in [0, 0.1) is 0 Å². The number of tetrazole rings is 1. The van der Waals surface area contributed by atoms with Crippen molar-refractivity contribution in [3.05, 3.63) is 64.1 Å². The third-order valence-electron chi connectivity index (χ3n) is 3.17. The van der Waals surface area contributed by atoms with Gasteiger partial charge in [-0.2, -0.15) is 0 Å². The van der Waals surface area contributed by atoms with Gasteiger partial charge in [-0.25, -0.2) is 0 Å². The Balaban J connectivity index is 1.71. The molecule has 0 saturated carbocycles. The van der Waals surface area contributed by atoms with E-state index in [2.05, 4.69) is 36.9 Å². The first kappa shape index (κ1) is 15.3. The Morgan fingerprint density at radius 1 is 1.17 bits per heavy atom. The largest absolute Gasteiger partial charge is 0.489 e. The van der Waals surface area contributed by atoms with Crippen LogP contribution in [0.2, 0.25) is 0 Å². The van der Waals surface area contributed by atoms with E-state index in [0.717, 1.165) is 21.3 Å². The van der Waals surface area contributed by atoms with Crippen LogP contribution in [-0.4, -0.2) is 20.3 Å². The summed E-state index contributed by atoms with van der Waals surface area (Å²) in [7, 11) is 0. The topological polar surface area (TPSA) is 90.9 Å². The molecule has 3 rings (SSSR count). The Morgan fingerprint density at radius 2 is 2.00 bits per heavy atom. The Morgan fingerprint density at radius 3 is 2.74 bits per heavy atom. The monoisotopic (exact) mass is 374 g/mol. The minimum atomic E-state index is 0.201. The van der Waals surface area contributed by atoms with Crippen LogP contribution in [0.5, 0.6) is 5.75 Å². The van der Waals surface area contributed by atoms with Crippen molar-refractivity contribution in [3.63, 3.8) is 0 Å². The maximum absolute atomic E-state index is 5.93. The molecule has 0 aliphatic carbocycles. The predicted octanol–water partition coefficient (Wildman–Crippen LogP) is 2.34. The summed E-state index contributed by atoms with van der Waals surface area (Å²) in [5.41, 5.74) is 10.7. The number of halogens is 1. The molecule has 0 unspecified atom stereocenters. The van der Waals surface area contributed by atoms with Crippen molar-refractivity contribution in [2.45, 2.75) is 13.2 Å². The van der Waals surface area contributed by atoms with E-state index in [0.29, 0.717) is 13.2 Å². The molecule has 7 nitrogen and oxygen atoms in total. The third kappa shape index (κ3) is 3.98. The van der Waals surface area contributed by atoms with Crippen molar-refractivity contribution in [3.8, 4) is 5.75 Å². The van der Waals surface area contributed by atoms with Crippen LogP contribution < -0.4 is 15.9 Å². The number of anilines is 1. The average molecular weight is 375 g/mol. The number of benzene rings is 2. The number of aromatic nitrogens is 4. The summed E-state index contributed by atoms with van der Waals surface area (Å²) in [4.78, 5) is 1.32. The maximum atomic E-state index is 5.93. The molecule has 8 heteroatoms. The lowest BCUT2D eigenvalue weighted by Crippen LogP contribution is -2.18. The molecule has 1 heterocycles. The van der Waals surface area contributed by atoms with Gasteiger partial charge in [0.25, 0.3) is 5.95 Å². The van der Waals surface area contributed by atoms with E-state index in [1.165, 1.54) is 4.79 Å². The molecule has 3 aromatic rings. The number of nitrogens with zero attached hydrogens (tertiary/aromatic N) is 4. The second kappa shape index (κ2) is 7.10. The second-order valence-electron chi connectivity index (χ2n) is 4.81. The minimum absolute atomic E-state index is 0.201. The minimum Gasteiger partial charge on any atom is -0.489 e. The van der Waals surface area contributed by atoms with Crippen molar-refractivity contribution in [2.75, 3.05) is 11.2 Å². The zero-order valence-corrected chi connectivity index (χ0v) is 13.8. The molecule has 1 aromatic heterocycles. The van der Waals surface area contributed by atoms with Gasteiger partial charge in [-0.1, -0.05) is 51.4 Å². The van der Waals surface area contributed by atoms with Crippen molar-refractivity contribution in [1.82, 2.24) is 20.3 Å². The first-order valence-corrected chi connectivity index (χ1v) is 7.74. The van der Waals surface area contributed by atoms with Gasteiger partial charge in [0.1, 0.15) is 12.4 Å². The fourth-order valence-electron chi connectivity index (χ4n) is 2.03. The molecule has 0 aliphatic heterocycles. The fraction of sp³-hybridized carbons (Fsp3) is 0.133. The molecule has 3 N–H and O–H groups in total. The lowest BCUT2D eigenvalue weighted by Gasteiger charge is -2.13. The van der Waals surface area contributed by atoms with Gasteiger partial charge in [0.05, 0.1) is 6.54 Å². The van der Waals surface area contributed by atoms with Crippen LogP contribution >= 0.6 is 15.9 Å². The Labute approximate surface area is 141 Å². The lowest BCUT2D eigenvalue weighted by atomic mass is 10.2. The van der Waals surface area contributed by atoms with Crippen LogP contribution in [0.15, 0.2) is 53.0 Å². The summed E-state index contributed by atoms with van der Waals surface area (Å²) in [5.74, 6) is 0.989. The summed E-state index contributed by atoms with van der Waals surface area (Å²) in [6.07, 6.45) is 0. The van der Waals surface area contributed by atoms with Gasteiger partial charge in [0, 0.05) is 10.0 Å². The van der Waals surface area contributed by atoms with E-state index >= 15 is 0 Å². The van der Waals surface area contributed by atoms with Crippen LogP contribution in [0.25, 0.3) is 0 Å². The standard InChI is InChI=1S/C15H15BrN6O/c16-13-6-7-14(23-10-11-4-2-1-3-5-11)12(8-13)9-18-22-15(17)19-20-21-22/h1-8,18H,9-10H2,(H2,17,19,21). The molecular formula is C15H15BrN6O. The highest BCUT2D eigenvalue weighted by atomic mass is 79.9. The lowest BCUT2D eigenvalue weighted by molar-refractivity contribution is 0.303. The molecule has 0 aliphatic rings. The first-order valence-electron chi connectivity index (χ1n) is 6.95. The van der Waals surface area contributed by atoms with Gasteiger partial charge < -0.3 is 15.9 Å². The molecule has 0 fully saturated rings. The molecule has 2 aromatic carbocycles. The van der Waals surface area contributed by atoms with Crippen LogP contribution in [0.3, 0.4) is 0 Å². The van der Waals surface area contributed by atoms with E-state index in [1.54, 1.807) is 0 Å². The van der Waals surface area contributed by atoms with Crippen LogP contribution in [-0.2, 0) is 13.2 Å². The molecule has 0 amide bonds. The van der Waals surface area contributed by atoms with E-state index in [-0.39, 0.29) is 5.95 Å². The quantitative estimate of drug-likeness (QED) is 0.687. The second-order valence-corrected chi connectivity index (χ2v) is 5.73. The molecule has 23 heavy (non-hydrogen) atoms.